The predicted molar refractivity (Wildman–Crippen MR) is 73.4 cm³/mol. The van der Waals surface area contributed by atoms with Crippen LogP contribution < -0.4 is 9.64 Å². The number of anilines is 1. The molecule has 5 heteroatoms. The molecule has 0 bridgehead atoms. The predicted octanol–water partition coefficient (Wildman–Crippen LogP) is 2.72. The lowest BCUT2D eigenvalue weighted by Gasteiger charge is -2.34. The van der Waals surface area contributed by atoms with E-state index in [0.717, 1.165) is 25.3 Å². The number of nitrogens with zero attached hydrogens (tertiary/aromatic N) is 3. The molecule has 18 heavy (non-hydrogen) atoms. The number of hydrogen-bond donors (Lipinski definition) is 0. The number of alkyl halides is 1. The molecule has 0 aromatic carbocycles. The van der Waals surface area contributed by atoms with Crippen LogP contribution in [0.3, 0.4) is 0 Å². The molecule has 2 heterocycles. The molecule has 1 aliphatic heterocycles. The SMILES string of the molecule is CC(C)Oc1cc(N2CCC(Cl)C(C)C2)ncn1. The summed E-state index contributed by atoms with van der Waals surface area (Å²) in [6.45, 7) is 8.03. The van der Waals surface area contributed by atoms with Gasteiger partial charge in [0.1, 0.15) is 12.1 Å². The monoisotopic (exact) mass is 269 g/mol. The first-order valence-electron chi connectivity index (χ1n) is 6.44. The highest BCUT2D eigenvalue weighted by Gasteiger charge is 2.25. The van der Waals surface area contributed by atoms with Gasteiger partial charge >= 0.3 is 0 Å². The van der Waals surface area contributed by atoms with Gasteiger partial charge in [0.05, 0.1) is 6.10 Å². The summed E-state index contributed by atoms with van der Waals surface area (Å²) in [5.74, 6) is 2.04. The fourth-order valence-electron chi connectivity index (χ4n) is 2.13. The van der Waals surface area contributed by atoms with Gasteiger partial charge in [-0.05, 0) is 26.2 Å². The minimum atomic E-state index is 0.125. The van der Waals surface area contributed by atoms with Gasteiger partial charge in [-0.3, -0.25) is 0 Å². The van der Waals surface area contributed by atoms with Crippen LogP contribution in [0.25, 0.3) is 0 Å². The average Bonchev–Trinajstić information content (AvgIpc) is 2.32. The van der Waals surface area contributed by atoms with E-state index in [2.05, 4.69) is 21.8 Å². The summed E-state index contributed by atoms with van der Waals surface area (Å²) in [5, 5.41) is 0.273. The van der Waals surface area contributed by atoms with E-state index in [1.54, 1.807) is 6.33 Å². The summed E-state index contributed by atoms with van der Waals surface area (Å²) in [6.07, 6.45) is 2.68. The molecule has 2 unspecified atom stereocenters. The van der Waals surface area contributed by atoms with Crippen LogP contribution in [0, 0.1) is 5.92 Å². The Hall–Kier alpha value is -1.03. The Morgan fingerprint density at radius 1 is 1.44 bits per heavy atom. The molecule has 0 amide bonds. The van der Waals surface area contributed by atoms with Crippen molar-refractivity contribution in [1.82, 2.24) is 9.97 Å². The lowest BCUT2D eigenvalue weighted by atomic mass is 10.00. The third-order valence-corrected chi connectivity index (χ3v) is 3.76. The molecule has 0 spiro atoms. The molecule has 1 aromatic heterocycles. The van der Waals surface area contributed by atoms with Gasteiger partial charge < -0.3 is 9.64 Å². The highest BCUT2D eigenvalue weighted by atomic mass is 35.5. The van der Waals surface area contributed by atoms with Gasteiger partial charge in [0.2, 0.25) is 5.88 Å². The summed E-state index contributed by atoms with van der Waals surface area (Å²) >= 11 is 6.24. The zero-order valence-corrected chi connectivity index (χ0v) is 11.9. The van der Waals surface area contributed by atoms with Crippen molar-refractivity contribution in [3.05, 3.63) is 12.4 Å². The molecule has 0 aliphatic carbocycles. The first-order valence-corrected chi connectivity index (χ1v) is 6.87. The number of aromatic nitrogens is 2. The lowest BCUT2D eigenvalue weighted by molar-refractivity contribution is 0.232. The molecule has 4 nitrogen and oxygen atoms in total. The van der Waals surface area contributed by atoms with Crippen molar-refractivity contribution < 1.29 is 4.74 Å². The molecule has 0 N–H and O–H groups in total. The van der Waals surface area contributed by atoms with Crippen LogP contribution >= 0.6 is 11.6 Å². The molecule has 1 fully saturated rings. The zero-order chi connectivity index (χ0) is 13.1. The maximum atomic E-state index is 6.24. The Labute approximate surface area is 113 Å². The zero-order valence-electron chi connectivity index (χ0n) is 11.1. The van der Waals surface area contributed by atoms with Gasteiger partial charge in [-0.1, -0.05) is 6.92 Å². The van der Waals surface area contributed by atoms with Crippen molar-refractivity contribution in [2.75, 3.05) is 18.0 Å². The van der Waals surface area contributed by atoms with E-state index in [1.807, 2.05) is 19.9 Å². The minimum Gasteiger partial charge on any atom is -0.475 e. The Morgan fingerprint density at radius 2 is 2.22 bits per heavy atom. The van der Waals surface area contributed by atoms with Gasteiger partial charge in [0.15, 0.2) is 0 Å². The van der Waals surface area contributed by atoms with E-state index in [4.69, 9.17) is 16.3 Å². The molecular weight excluding hydrogens is 250 g/mol. The van der Waals surface area contributed by atoms with Crippen molar-refractivity contribution in [3.63, 3.8) is 0 Å². The Balaban J connectivity index is 2.08. The van der Waals surface area contributed by atoms with E-state index in [-0.39, 0.29) is 11.5 Å². The van der Waals surface area contributed by atoms with Gasteiger partial charge in [-0.2, -0.15) is 0 Å². The fourth-order valence-corrected chi connectivity index (χ4v) is 2.31. The smallest absolute Gasteiger partial charge is 0.218 e. The molecule has 2 atom stereocenters. The quantitative estimate of drug-likeness (QED) is 0.791. The number of rotatable bonds is 3. The van der Waals surface area contributed by atoms with Crippen molar-refractivity contribution in [2.45, 2.75) is 38.7 Å². The maximum Gasteiger partial charge on any atom is 0.218 e. The topological polar surface area (TPSA) is 38.2 Å². The van der Waals surface area contributed by atoms with Crippen LogP contribution in [0.1, 0.15) is 27.2 Å². The molecule has 1 aromatic rings. The van der Waals surface area contributed by atoms with E-state index < -0.39 is 0 Å². The van der Waals surface area contributed by atoms with Gasteiger partial charge in [0.25, 0.3) is 0 Å². The number of hydrogen-bond acceptors (Lipinski definition) is 4. The molecule has 2 rings (SSSR count). The summed E-state index contributed by atoms with van der Waals surface area (Å²) in [6, 6.07) is 1.90. The summed E-state index contributed by atoms with van der Waals surface area (Å²) < 4.78 is 5.59. The van der Waals surface area contributed by atoms with Crippen LogP contribution in [0.5, 0.6) is 5.88 Å². The summed E-state index contributed by atoms with van der Waals surface area (Å²) in [7, 11) is 0. The van der Waals surface area contributed by atoms with Gasteiger partial charge in [-0.25, -0.2) is 9.97 Å². The van der Waals surface area contributed by atoms with Crippen molar-refractivity contribution in [1.29, 1.82) is 0 Å². The van der Waals surface area contributed by atoms with Crippen LogP contribution in [0.2, 0.25) is 0 Å². The van der Waals surface area contributed by atoms with E-state index >= 15 is 0 Å². The van der Waals surface area contributed by atoms with Crippen molar-refractivity contribution in [3.8, 4) is 5.88 Å². The molecule has 0 saturated carbocycles. The Morgan fingerprint density at radius 3 is 2.89 bits per heavy atom. The summed E-state index contributed by atoms with van der Waals surface area (Å²) in [5.41, 5.74) is 0. The highest BCUT2D eigenvalue weighted by molar-refractivity contribution is 6.20. The lowest BCUT2D eigenvalue weighted by Crippen LogP contribution is -2.40. The van der Waals surface area contributed by atoms with Crippen LogP contribution in [0.4, 0.5) is 5.82 Å². The Kier molecular flexibility index (Phi) is 4.27. The second kappa shape index (κ2) is 5.74. The first kappa shape index (κ1) is 13.4. The third kappa shape index (κ3) is 3.25. The molecule has 0 radical (unpaired) electrons. The minimum absolute atomic E-state index is 0.125. The number of ether oxygens (including phenoxy) is 1. The standard InChI is InChI=1S/C13H20ClN3O/c1-9(2)18-13-6-12(15-8-16-13)17-5-4-11(14)10(3)7-17/h6,8-11H,4-5,7H2,1-3H3. The third-order valence-electron chi connectivity index (χ3n) is 3.11. The average molecular weight is 270 g/mol. The number of halogens is 1. The highest BCUT2D eigenvalue weighted by Crippen LogP contribution is 2.26. The van der Waals surface area contributed by atoms with Crippen molar-refractivity contribution in [2.24, 2.45) is 5.92 Å². The normalized spacial score (nSPS) is 24.4. The first-order chi connectivity index (χ1) is 8.56. The van der Waals surface area contributed by atoms with Gasteiger partial charge in [0, 0.05) is 24.5 Å². The van der Waals surface area contributed by atoms with E-state index in [0.29, 0.717) is 11.8 Å². The number of piperidine rings is 1. The second-order valence-electron chi connectivity index (χ2n) is 5.11. The molecule has 1 aliphatic rings. The van der Waals surface area contributed by atoms with Crippen LogP contribution in [-0.4, -0.2) is 34.5 Å². The molecule has 100 valence electrons. The Bertz CT molecular complexity index is 400. The maximum absolute atomic E-state index is 6.24. The van der Waals surface area contributed by atoms with Crippen LogP contribution in [0.15, 0.2) is 12.4 Å². The summed E-state index contributed by atoms with van der Waals surface area (Å²) in [4.78, 5) is 10.7. The second-order valence-corrected chi connectivity index (χ2v) is 5.67. The fraction of sp³-hybridized carbons (Fsp3) is 0.692. The molecule has 1 saturated heterocycles. The largest absolute Gasteiger partial charge is 0.475 e. The van der Waals surface area contributed by atoms with Crippen LogP contribution in [-0.2, 0) is 0 Å². The van der Waals surface area contributed by atoms with E-state index in [1.165, 1.54) is 0 Å². The van der Waals surface area contributed by atoms with E-state index in [9.17, 15) is 0 Å². The van der Waals surface area contributed by atoms with Crippen molar-refractivity contribution >= 4 is 17.4 Å². The van der Waals surface area contributed by atoms with Gasteiger partial charge in [-0.15, -0.1) is 11.6 Å². The molecular formula is C13H20ClN3O.